The summed E-state index contributed by atoms with van der Waals surface area (Å²) in [7, 11) is 3.10. The van der Waals surface area contributed by atoms with Crippen LogP contribution < -0.4 is 25.0 Å². The second-order valence-electron chi connectivity index (χ2n) is 5.33. The SMILES string of the molecule is CCOc1c(OC)cc(/C=N\NC(=O)Nc2ccccc2C)cc1OC. The van der Waals surface area contributed by atoms with E-state index in [4.69, 9.17) is 14.2 Å². The predicted octanol–water partition coefficient (Wildman–Crippen LogP) is 3.57. The zero-order chi connectivity index (χ0) is 18.9. The van der Waals surface area contributed by atoms with Crippen LogP contribution in [0.25, 0.3) is 0 Å². The summed E-state index contributed by atoms with van der Waals surface area (Å²) < 4.78 is 16.2. The van der Waals surface area contributed by atoms with Crippen LogP contribution in [0.2, 0.25) is 0 Å². The molecule has 2 aromatic rings. The van der Waals surface area contributed by atoms with Gasteiger partial charge >= 0.3 is 6.03 Å². The highest BCUT2D eigenvalue weighted by atomic mass is 16.5. The number of carbonyl (C=O) groups excluding carboxylic acids is 1. The van der Waals surface area contributed by atoms with Gasteiger partial charge in [-0.05, 0) is 37.6 Å². The molecule has 7 nitrogen and oxygen atoms in total. The topological polar surface area (TPSA) is 81.2 Å². The highest BCUT2D eigenvalue weighted by Gasteiger charge is 2.13. The zero-order valence-electron chi connectivity index (χ0n) is 15.3. The fraction of sp³-hybridized carbons (Fsp3) is 0.263. The number of benzene rings is 2. The van der Waals surface area contributed by atoms with E-state index in [-0.39, 0.29) is 0 Å². The maximum Gasteiger partial charge on any atom is 0.339 e. The van der Waals surface area contributed by atoms with E-state index in [0.717, 1.165) is 11.3 Å². The first-order valence-corrected chi connectivity index (χ1v) is 8.13. The molecule has 0 saturated carbocycles. The molecule has 2 amide bonds. The lowest BCUT2D eigenvalue weighted by atomic mass is 10.2. The number of rotatable bonds is 7. The minimum Gasteiger partial charge on any atom is -0.493 e. The third kappa shape index (κ3) is 4.89. The lowest BCUT2D eigenvalue weighted by Gasteiger charge is -2.14. The van der Waals surface area contributed by atoms with Crippen LogP contribution in [0.3, 0.4) is 0 Å². The quantitative estimate of drug-likeness (QED) is 0.586. The van der Waals surface area contributed by atoms with E-state index in [0.29, 0.717) is 29.4 Å². The van der Waals surface area contributed by atoms with E-state index in [1.807, 2.05) is 38.1 Å². The molecule has 0 aliphatic rings. The molecule has 0 aromatic heterocycles. The predicted molar refractivity (Wildman–Crippen MR) is 102 cm³/mol. The van der Waals surface area contributed by atoms with Crippen molar-refractivity contribution in [3.63, 3.8) is 0 Å². The van der Waals surface area contributed by atoms with Gasteiger partial charge in [-0.25, -0.2) is 10.2 Å². The molecule has 0 bridgehead atoms. The van der Waals surface area contributed by atoms with Gasteiger partial charge in [0.2, 0.25) is 5.75 Å². The van der Waals surface area contributed by atoms with Crippen LogP contribution in [-0.2, 0) is 0 Å². The average molecular weight is 357 g/mol. The smallest absolute Gasteiger partial charge is 0.339 e. The van der Waals surface area contributed by atoms with E-state index in [9.17, 15) is 4.79 Å². The summed E-state index contributed by atoms with van der Waals surface area (Å²) in [6, 6.07) is 10.6. The lowest BCUT2D eigenvalue weighted by molar-refractivity contribution is 0.252. The molecule has 0 saturated heterocycles. The molecule has 2 N–H and O–H groups in total. The first kappa shape index (κ1) is 19.1. The number of aryl methyl sites for hydroxylation is 1. The van der Waals surface area contributed by atoms with E-state index >= 15 is 0 Å². The number of urea groups is 1. The number of anilines is 1. The van der Waals surface area contributed by atoms with Crippen molar-refractivity contribution >= 4 is 17.9 Å². The van der Waals surface area contributed by atoms with Crippen LogP contribution in [0.1, 0.15) is 18.1 Å². The Hall–Kier alpha value is -3.22. The number of amides is 2. The van der Waals surface area contributed by atoms with Gasteiger partial charge in [0.05, 0.1) is 27.0 Å². The second kappa shape index (κ2) is 9.31. The second-order valence-corrected chi connectivity index (χ2v) is 5.33. The van der Waals surface area contributed by atoms with Gasteiger partial charge in [0.15, 0.2) is 11.5 Å². The molecule has 0 spiro atoms. The summed E-state index contributed by atoms with van der Waals surface area (Å²) in [5, 5.41) is 6.69. The molecule has 0 fully saturated rings. The molecule has 26 heavy (non-hydrogen) atoms. The molecule has 0 heterocycles. The van der Waals surface area contributed by atoms with Gasteiger partial charge in [0.1, 0.15) is 0 Å². The van der Waals surface area contributed by atoms with Crippen LogP contribution in [0.5, 0.6) is 17.2 Å². The van der Waals surface area contributed by atoms with Crippen molar-refractivity contribution in [2.45, 2.75) is 13.8 Å². The Morgan fingerprint density at radius 1 is 1.15 bits per heavy atom. The van der Waals surface area contributed by atoms with Gasteiger partial charge in [0.25, 0.3) is 0 Å². The maximum atomic E-state index is 11.9. The largest absolute Gasteiger partial charge is 0.493 e. The Morgan fingerprint density at radius 3 is 2.38 bits per heavy atom. The van der Waals surface area contributed by atoms with Gasteiger partial charge in [-0.2, -0.15) is 5.10 Å². The van der Waals surface area contributed by atoms with Crippen molar-refractivity contribution in [1.29, 1.82) is 0 Å². The van der Waals surface area contributed by atoms with Gasteiger partial charge in [-0.15, -0.1) is 0 Å². The maximum absolute atomic E-state index is 11.9. The number of hydrazone groups is 1. The van der Waals surface area contributed by atoms with Crippen molar-refractivity contribution < 1.29 is 19.0 Å². The Labute approximate surface area is 153 Å². The van der Waals surface area contributed by atoms with Crippen LogP contribution in [0.4, 0.5) is 10.5 Å². The van der Waals surface area contributed by atoms with Crippen molar-refractivity contribution in [2.75, 3.05) is 26.1 Å². The molecular weight excluding hydrogens is 334 g/mol. The van der Waals surface area contributed by atoms with E-state index in [1.54, 1.807) is 26.4 Å². The number of para-hydroxylation sites is 1. The Morgan fingerprint density at radius 2 is 1.81 bits per heavy atom. The molecule has 2 rings (SSSR count). The molecule has 0 aliphatic carbocycles. The van der Waals surface area contributed by atoms with Crippen LogP contribution in [0.15, 0.2) is 41.5 Å². The third-order valence-corrected chi connectivity index (χ3v) is 3.54. The minimum absolute atomic E-state index is 0.430. The summed E-state index contributed by atoms with van der Waals surface area (Å²) >= 11 is 0. The van der Waals surface area contributed by atoms with E-state index in [1.165, 1.54) is 6.21 Å². The van der Waals surface area contributed by atoms with Crippen molar-refractivity contribution in [3.8, 4) is 17.2 Å². The summed E-state index contributed by atoms with van der Waals surface area (Å²) in [5.74, 6) is 1.58. The van der Waals surface area contributed by atoms with Crippen LogP contribution in [-0.4, -0.2) is 33.1 Å². The third-order valence-electron chi connectivity index (χ3n) is 3.54. The van der Waals surface area contributed by atoms with Crippen LogP contribution >= 0.6 is 0 Å². The Kier molecular flexibility index (Phi) is 6.84. The molecular formula is C19H23N3O4. The zero-order valence-corrected chi connectivity index (χ0v) is 15.3. The summed E-state index contributed by atoms with van der Waals surface area (Å²) in [6.07, 6.45) is 1.50. The van der Waals surface area contributed by atoms with Gasteiger partial charge in [0, 0.05) is 11.3 Å². The van der Waals surface area contributed by atoms with Crippen LogP contribution in [0, 0.1) is 6.92 Å². The number of nitrogens with one attached hydrogen (secondary N) is 2. The number of nitrogens with zero attached hydrogens (tertiary/aromatic N) is 1. The number of methoxy groups -OCH3 is 2. The molecule has 2 aromatic carbocycles. The molecule has 138 valence electrons. The highest BCUT2D eigenvalue weighted by Crippen LogP contribution is 2.38. The van der Waals surface area contributed by atoms with E-state index < -0.39 is 6.03 Å². The lowest BCUT2D eigenvalue weighted by Crippen LogP contribution is -2.24. The number of hydrogen-bond donors (Lipinski definition) is 2. The summed E-state index contributed by atoms with van der Waals surface area (Å²) in [5.41, 5.74) is 4.81. The standard InChI is InChI=1S/C19H23N3O4/c1-5-26-18-16(24-3)10-14(11-17(18)25-4)12-20-22-19(23)21-15-9-7-6-8-13(15)2/h6-12H,5H2,1-4H3,(H2,21,22,23)/b20-12-. The van der Waals surface area contributed by atoms with E-state index in [2.05, 4.69) is 15.8 Å². The number of ether oxygens (including phenoxy) is 3. The molecule has 0 aliphatic heterocycles. The first-order valence-electron chi connectivity index (χ1n) is 8.13. The summed E-state index contributed by atoms with van der Waals surface area (Å²) in [4.78, 5) is 11.9. The number of carbonyl (C=O) groups is 1. The normalized spacial score (nSPS) is 10.5. The molecule has 0 unspecified atom stereocenters. The van der Waals surface area contributed by atoms with Crippen molar-refractivity contribution in [2.24, 2.45) is 5.10 Å². The highest BCUT2D eigenvalue weighted by molar-refractivity contribution is 5.91. The minimum atomic E-state index is -0.430. The molecule has 7 heteroatoms. The Bertz CT molecular complexity index is 765. The van der Waals surface area contributed by atoms with Crippen molar-refractivity contribution in [1.82, 2.24) is 5.43 Å². The number of hydrogen-bond acceptors (Lipinski definition) is 5. The fourth-order valence-corrected chi connectivity index (χ4v) is 2.29. The van der Waals surface area contributed by atoms with Crippen molar-refractivity contribution in [3.05, 3.63) is 47.5 Å². The summed E-state index contributed by atoms with van der Waals surface area (Å²) in [6.45, 7) is 4.28. The molecule has 0 atom stereocenters. The van der Waals surface area contributed by atoms with Gasteiger partial charge in [-0.3, -0.25) is 0 Å². The average Bonchev–Trinajstić information content (AvgIpc) is 2.64. The van der Waals surface area contributed by atoms with Gasteiger partial charge < -0.3 is 19.5 Å². The van der Waals surface area contributed by atoms with Gasteiger partial charge in [-0.1, -0.05) is 18.2 Å². The molecule has 0 radical (unpaired) electrons. The first-order chi connectivity index (χ1) is 12.6. The fourth-order valence-electron chi connectivity index (χ4n) is 2.29. The Balaban J connectivity index is 2.07. The monoisotopic (exact) mass is 357 g/mol.